The maximum Gasteiger partial charge on any atom is 0.342 e. The second kappa shape index (κ2) is 8.92. The summed E-state index contributed by atoms with van der Waals surface area (Å²) in [4.78, 5) is 37.4. The fraction of sp³-hybridized carbons (Fsp3) is 0.190. The van der Waals surface area contributed by atoms with Crippen molar-refractivity contribution in [2.24, 2.45) is 0 Å². The average molecular weight is 396 g/mol. The van der Waals surface area contributed by atoms with E-state index in [0.717, 1.165) is 10.3 Å². The Kier molecular flexibility index (Phi) is 6.13. The van der Waals surface area contributed by atoms with Crippen molar-refractivity contribution in [2.45, 2.75) is 6.54 Å². The monoisotopic (exact) mass is 396 g/mol. The molecular weight excluding hydrogens is 376 g/mol. The Morgan fingerprint density at radius 1 is 1.10 bits per heavy atom. The van der Waals surface area contributed by atoms with E-state index in [2.05, 4.69) is 5.32 Å². The zero-order valence-corrected chi connectivity index (χ0v) is 15.8. The topological polar surface area (TPSA) is 109 Å². The molecule has 3 aromatic rings. The van der Waals surface area contributed by atoms with Gasteiger partial charge in [-0.1, -0.05) is 30.3 Å². The van der Waals surface area contributed by atoms with Gasteiger partial charge in [0.2, 0.25) is 5.91 Å². The molecular formula is C21H20N2O6. The molecule has 2 aromatic carbocycles. The number of likely N-dealkylation sites (N-methyl/N-ethyl adjacent to an activating group) is 1. The molecule has 1 aromatic heterocycles. The third kappa shape index (κ3) is 4.92. The van der Waals surface area contributed by atoms with Gasteiger partial charge in [-0.25, -0.2) is 4.79 Å². The van der Waals surface area contributed by atoms with Crippen molar-refractivity contribution in [3.8, 4) is 5.75 Å². The van der Waals surface area contributed by atoms with Gasteiger partial charge in [0.05, 0.1) is 19.4 Å². The number of amides is 2. The second-order valence-corrected chi connectivity index (χ2v) is 6.36. The van der Waals surface area contributed by atoms with E-state index in [1.54, 1.807) is 36.4 Å². The average Bonchev–Trinajstić information content (AvgIpc) is 3.24. The van der Waals surface area contributed by atoms with E-state index in [1.807, 2.05) is 6.07 Å². The number of fused-ring (bicyclic) bond motifs is 1. The molecule has 3 rings (SSSR count). The third-order valence-electron chi connectivity index (χ3n) is 4.29. The third-order valence-corrected chi connectivity index (χ3v) is 4.29. The Labute approximate surface area is 166 Å². The van der Waals surface area contributed by atoms with Crippen LogP contribution in [-0.4, -0.2) is 48.0 Å². The molecule has 0 saturated heterocycles. The maximum atomic E-state index is 12.2. The lowest BCUT2D eigenvalue weighted by molar-refractivity contribution is -0.137. The Morgan fingerprint density at radius 2 is 1.90 bits per heavy atom. The number of carbonyl (C=O) groups excluding carboxylic acids is 3. The number of nitrogens with one attached hydrogen (secondary N) is 1. The minimum Gasteiger partial charge on any atom is -0.506 e. The van der Waals surface area contributed by atoms with Crippen LogP contribution in [0.3, 0.4) is 0 Å². The number of nitrogens with zero attached hydrogens (tertiary/aromatic N) is 1. The molecule has 1 heterocycles. The molecule has 0 spiro atoms. The number of benzene rings is 2. The Morgan fingerprint density at radius 3 is 2.66 bits per heavy atom. The van der Waals surface area contributed by atoms with Gasteiger partial charge in [0.1, 0.15) is 17.1 Å². The lowest BCUT2D eigenvalue weighted by atomic mass is 10.1. The second-order valence-electron chi connectivity index (χ2n) is 6.36. The molecule has 0 atom stereocenters. The number of hydrogen-bond acceptors (Lipinski definition) is 6. The maximum absolute atomic E-state index is 12.2. The van der Waals surface area contributed by atoms with E-state index in [-0.39, 0.29) is 30.3 Å². The van der Waals surface area contributed by atoms with Crippen LogP contribution >= 0.6 is 0 Å². The van der Waals surface area contributed by atoms with Crippen molar-refractivity contribution < 1.29 is 28.6 Å². The zero-order chi connectivity index (χ0) is 20.8. The summed E-state index contributed by atoms with van der Waals surface area (Å²) < 4.78 is 10.1. The number of rotatable bonds is 7. The van der Waals surface area contributed by atoms with E-state index in [0.29, 0.717) is 11.1 Å². The fourth-order valence-electron chi connectivity index (χ4n) is 2.69. The highest BCUT2D eigenvalue weighted by Gasteiger charge is 2.19. The summed E-state index contributed by atoms with van der Waals surface area (Å²) in [5.74, 6) is -1.36. The first-order chi connectivity index (χ1) is 14.0. The molecule has 2 amide bonds. The van der Waals surface area contributed by atoms with Crippen LogP contribution in [-0.2, 0) is 20.9 Å². The van der Waals surface area contributed by atoms with Crippen LogP contribution in [0.5, 0.6) is 5.75 Å². The van der Waals surface area contributed by atoms with Crippen LogP contribution in [0.15, 0.2) is 59.2 Å². The number of esters is 1. The largest absolute Gasteiger partial charge is 0.506 e. The minimum atomic E-state index is -0.822. The lowest BCUT2D eigenvalue weighted by Crippen LogP contribution is -2.39. The first kappa shape index (κ1) is 19.9. The van der Waals surface area contributed by atoms with Gasteiger partial charge < -0.3 is 24.5 Å². The molecule has 0 aliphatic rings. The number of carbonyl (C=O) groups is 3. The molecule has 29 heavy (non-hydrogen) atoms. The highest BCUT2D eigenvalue weighted by molar-refractivity contribution is 6.01. The Balaban J connectivity index is 1.51. The number of aromatic hydroxyl groups is 1. The van der Waals surface area contributed by atoms with Crippen molar-refractivity contribution >= 4 is 28.6 Å². The van der Waals surface area contributed by atoms with Crippen LogP contribution in [0.4, 0.5) is 0 Å². The van der Waals surface area contributed by atoms with Gasteiger partial charge in [0.25, 0.3) is 5.91 Å². The van der Waals surface area contributed by atoms with Crippen molar-refractivity contribution in [3.05, 3.63) is 66.1 Å². The number of phenols is 1. The van der Waals surface area contributed by atoms with E-state index in [4.69, 9.17) is 9.15 Å². The van der Waals surface area contributed by atoms with Gasteiger partial charge in [-0.05, 0) is 23.6 Å². The van der Waals surface area contributed by atoms with Gasteiger partial charge in [0.15, 0.2) is 6.61 Å². The van der Waals surface area contributed by atoms with E-state index in [1.165, 1.54) is 19.4 Å². The summed E-state index contributed by atoms with van der Waals surface area (Å²) in [5, 5.41) is 14.2. The van der Waals surface area contributed by atoms with Crippen molar-refractivity contribution in [2.75, 3.05) is 20.2 Å². The van der Waals surface area contributed by atoms with Crippen LogP contribution < -0.4 is 5.32 Å². The molecule has 0 radical (unpaired) electrons. The number of phenolic OH excluding ortho intramolecular Hbond substituents is 1. The summed E-state index contributed by atoms with van der Waals surface area (Å²) in [7, 11) is 1.43. The predicted molar refractivity (Wildman–Crippen MR) is 104 cm³/mol. The number of furan rings is 1. The van der Waals surface area contributed by atoms with Crippen LogP contribution in [0.1, 0.15) is 16.1 Å². The fourth-order valence-corrected chi connectivity index (χ4v) is 2.69. The zero-order valence-electron chi connectivity index (χ0n) is 15.8. The van der Waals surface area contributed by atoms with Crippen LogP contribution in [0.2, 0.25) is 0 Å². The van der Waals surface area contributed by atoms with Crippen molar-refractivity contribution in [1.29, 1.82) is 0 Å². The summed E-state index contributed by atoms with van der Waals surface area (Å²) in [6, 6.07) is 13.6. The Bertz CT molecular complexity index is 1030. The number of ether oxygens (including phenoxy) is 1. The van der Waals surface area contributed by atoms with Crippen LogP contribution in [0.25, 0.3) is 10.8 Å². The van der Waals surface area contributed by atoms with Crippen molar-refractivity contribution in [3.63, 3.8) is 0 Å². The molecule has 0 fully saturated rings. The quantitative estimate of drug-likeness (QED) is 0.592. The first-order valence-corrected chi connectivity index (χ1v) is 8.86. The highest BCUT2D eigenvalue weighted by atomic mass is 16.5. The van der Waals surface area contributed by atoms with Crippen molar-refractivity contribution in [1.82, 2.24) is 10.2 Å². The molecule has 0 saturated carbocycles. The minimum absolute atomic E-state index is 0.0321. The number of hydrogen-bond donors (Lipinski definition) is 2. The SMILES string of the molecule is CN(CC(=O)NCc1ccco1)C(=O)COC(=O)c1ccc2ccccc2c1O. The van der Waals surface area contributed by atoms with Gasteiger partial charge in [0, 0.05) is 12.4 Å². The van der Waals surface area contributed by atoms with E-state index >= 15 is 0 Å². The van der Waals surface area contributed by atoms with E-state index in [9.17, 15) is 19.5 Å². The highest BCUT2D eigenvalue weighted by Crippen LogP contribution is 2.28. The molecule has 0 unspecified atom stereocenters. The summed E-state index contributed by atoms with van der Waals surface area (Å²) >= 11 is 0. The normalized spacial score (nSPS) is 10.5. The first-order valence-electron chi connectivity index (χ1n) is 8.86. The van der Waals surface area contributed by atoms with Gasteiger partial charge in [-0.3, -0.25) is 9.59 Å². The smallest absolute Gasteiger partial charge is 0.342 e. The molecule has 8 nitrogen and oxygen atoms in total. The van der Waals surface area contributed by atoms with Gasteiger partial charge in [-0.15, -0.1) is 0 Å². The summed E-state index contributed by atoms with van der Waals surface area (Å²) in [6.45, 7) is -0.532. The standard InChI is InChI=1S/C21H20N2O6/c1-23(12-18(24)22-11-15-6-4-10-28-15)19(25)13-29-21(27)17-9-8-14-5-2-3-7-16(14)20(17)26/h2-10,26H,11-13H2,1H3,(H,22,24). The molecule has 0 bridgehead atoms. The van der Waals surface area contributed by atoms with Gasteiger partial charge >= 0.3 is 5.97 Å². The molecule has 0 aliphatic carbocycles. The lowest BCUT2D eigenvalue weighted by Gasteiger charge is -2.16. The van der Waals surface area contributed by atoms with E-state index < -0.39 is 18.5 Å². The molecule has 2 N–H and O–H groups in total. The molecule has 8 heteroatoms. The summed E-state index contributed by atoms with van der Waals surface area (Å²) in [5.41, 5.74) is -0.0321. The summed E-state index contributed by atoms with van der Waals surface area (Å²) in [6.07, 6.45) is 1.50. The Hall–Kier alpha value is -3.81. The van der Waals surface area contributed by atoms with Gasteiger partial charge in [-0.2, -0.15) is 0 Å². The molecule has 0 aliphatic heterocycles. The molecule has 150 valence electrons. The van der Waals surface area contributed by atoms with Crippen LogP contribution in [0, 0.1) is 0 Å². The predicted octanol–water partition coefficient (Wildman–Crippen LogP) is 2.07.